The standard InChI is InChI=1S/C23H37N5O3/c1-23(2,3)31-22(29)26-18-11-13-28(16-18)21(24-4)25-14-17-10-12-27(15-17)19-8-6-7-9-20(19)30-5/h6-9,17-18H,10-16H2,1-5H3,(H,24,25)(H,26,29). The number of ether oxygens (including phenoxy) is 2. The second kappa shape index (κ2) is 10.1. The van der Waals surface area contributed by atoms with Crippen molar-refractivity contribution in [1.82, 2.24) is 15.5 Å². The van der Waals surface area contributed by atoms with Gasteiger partial charge in [-0.1, -0.05) is 12.1 Å². The molecule has 1 amide bonds. The van der Waals surface area contributed by atoms with E-state index in [1.54, 1.807) is 7.11 Å². The van der Waals surface area contributed by atoms with Crippen molar-refractivity contribution in [1.29, 1.82) is 0 Å². The number of hydrogen-bond acceptors (Lipinski definition) is 5. The normalized spacial score (nSPS) is 21.9. The van der Waals surface area contributed by atoms with Crippen LogP contribution in [0.25, 0.3) is 0 Å². The number of nitrogens with zero attached hydrogens (tertiary/aromatic N) is 3. The molecule has 0 bridgehead atoms. The lowest BCUT2D eigenvalue weighted by molar-refractivity contribution is 0.0507. The highest BCUT2D eigenvalue weighted by Gasteiger charge is 2.29. The van der Waals surface area contributed by atoms with Gasteiger partial charge < -0.3 is 29.9 Å². The van der Waals surface area contributed by atoms with Crippen molar-refractivity contribution in [2.45, 2.75) is 45.3 Å². The highest BCUT2D eigenvalue weighted by Crippen LogP contribution is 2.31. The number of benzene rings is 1. The van der Waals surface area contributed by atoms with Gasteiger partial charge in [-0.2, -0.15) is 0 Å². The van der Waals surface area contributed by atoms with Gasteiger partial charge in [0.2, 0.25) is 0 Å². The molecular weight excluding hydrogens is 394 g/mol. The highest BCUT2D eigenvalue weighted by atomic mass is 16.6. The minimum atomic E-state index is -0.487. The fourth-order valence-corrected chi connectivity index (χ4v) is 4.22. The Morgan fingerprint density at radius 3 is 2.68 bits per heavy atom. The van der Waals surface area contributed by atoms with Crippen LogP contribution in [0, 0.1) is 5.92 Å². The molecule has 0 radical (unpaired) electrons. The first-order valence-corrected chi connectivity index (χ1v) is 11.1. The Bertz CT molecular complexity index is 777. The van der Waals surface area contributed by atoms with Gasteiger partial charge in [0.15, 0.2) is 5.96 Å². The van der Waals surface area contributed by atoms with Gasteiger partial charge in [0.05, 0.1) is 18.8 Å². The van der Waals surface area contributed by atoms with Gasteiger partial charge in [-0.25, -0.2) is 4.79 Å². The summed E-state index contributed by atoms with van der Waals surface area (Å²) in [5.74, 6) is 2.36. The molecule has 1 aromatic rings. The monoisotopic (exact) mass is 431 g/mol. The van der Waals surface area contributed by atoms with Crippen molar-refractivity contribution in [2.24, 2.45) is 10.9 Å². The molecule has 2 atom stereocenters. The number of hydrogen-bond donors (Lipinski definition) is 2. The Labute approximate surface area is 186 Å². The van der Waals surface area contributed by atoms with E-state index >= 15 is 0 Å². The number of likely N-dealkylation sites (tertiary alicyclic amines) is 1. The van der Waals surface area contributed by atoms with Crippen LogP contribution in [0.4, 0.5) is 10.5 Å². The van der Waals surface area contributed by atoms with E-state index in [4.69, 9.17) is 9.47 Å². The van der Waals surface area contributed by atoms with Gasteiger partial charge in [-0.15, -0.1) is 0 Å². The zero-order valence-corrected chi connectivity index (χ0v) is 19.5. The van der Waals surface area contributed by atoms with Crippen LogP contribution in [0.15, 0.2) is 29.3 Å². The third-order valence-electron chi connectivity index (χ3n) is 5.68. The number of alkyl carbamates (subject to hydrolysis) is 1. The summed E-state index contributed by atoms with van der Waals surface area (Å²) < 4.78 is 10.9. The van der Waals surface area contributed by atoms with Crippen molar-refractivity contribution in [3.8, 4) is 5.75 Å². The Kier molecular flexibility index (Phi) is 7.51. The highest BCUT2D eigenvalue weighted by molar-refractivity contribution is 5.80. The zero-order chi connectivity index (χ0) is 22.4. The molecule has 0 saturated carbocycles. The molecule has 2 N–H and O–H groups in total. The lowest BCUT2D eigenvalue weighted by atomic mass is 10.1. The Morgan fingerprint density at radius 1 is 1.19 bits per heavy atom. The molecular formula is C23H37N5O3. The van der Waals surface area contributed by atoms with Crippen LogP contribution >= 0.6 is 0 Å². The van der Waals surface area contributed by atoms with Crippen LogP contribution in [0.2, 0.25) is 0 Å². The van der Waals surface area contributed by atoms with E-state index in [-0.39, 0.29) is 12.1 Å². The Balaban J connectivity index is 1.45. The number of guanidine groups is 1. The quantitative estimate of drug-likeness (QED) is 0.551. The van der Waals surface area contributed by atoms with Gasteiger partial charge in [0.25, 0.3) is 0 Å². The maximum Gasteiger partial charge on any atom is 0.407 e. The van der Waals surface area contributed by atoms with E-state index < -0.39 is 5.60 Å². The molecule has 172 valence electrons. The summed E-state index contributed by atoms with van der Waals surface area (Å²) in [6.45, 7) is 10.1. The van der Waals surface area contributed by atoms with Crippen molar-refractivity contribution in [3.63, 3.8) is 0 Å². The minimum Gasteiger partial charge on any atom is -0.495 e. The van der Waals surface area contributed by atoms with Gasteiger partial charge in [-0.3, -0.25) is 4.99 Å². The van der Waals surface area contributed by atoms with Crippen LogP contribution in [-0.4, -0.2) is 75.5 Å². The number of para-hydroxylation sites is 2. The summed E-state index contributed by atoms with van der Waals surface area (Å²) in [7, 11) is 3.53. The summed E-state index contributed by atoms with van der Waals surface area (Å²) in [5.41, 5.74) is 0.673. The number of nitrogens with one attached hydrogen (secondary N) is 2. The molecule has 1 aromatic carbocycles. The summed E-state index contributed by atoms with van der Waals surface area (Å²) >= 11 is 0. The van der Waals surface area contributed by atoms with Crippen LogP contribution in [0.3, 0.4) is 0 Å². The van der Waals surface area contributed by atoms with Gasteiger partial charge in [0.1, 0.15) is 11.4 Å². The first kappa shape index (κ1) is 23.0. The number of aliphatic imine (C=N–C) groups is 1. The van der Waals surface area contributed by atoms with Gasteiger partial charge >= 0.3 is 6.09 Å². The lowest BCUT2D eigenvalue weighted by Crippen LogP contribution is -2.45. The fraction of sp³-hybridized carbons (Fsp3) is 0.652. The molecule has 0 aromatic heterocycles. The maximum absolute atomic E-state index is 12.0. The Morgan fingerprint density at radius 2 is 1.97 bits per heavy atom. The number of carbonyl (C=O) groups is 1. The first-order chi connectivity index (χ1) is 14.8. The molecule has 2 unspecified atom stereocenters. The molecule has 2 aliphatic rings. The predicted octanol–water partition coefficient (Wildman–Crippen LogP) is 2.70. The molecule has 2 aliphatic heterocycles. The molecule has 3 rings (SSSR count). The van der Waals surface area contributed by atoms with E-state index in [1.807, 2.05) is 40.0 Å². The molecule has 2 heterocycles. The molecule has 8 heteroatoms. The topological polar surface area (TPSA) is 78.4 Å². The fourth-order valence-electron chi connectivity index (χ4n) is 4.22. The average Bonchev–Trinajstić information content (AvgIpc) is 3.37. The summed E-state index contributed by atoms with van der Waals surface area (Å²) in [6, 6.07) is 8.26. The van der Waals surface area contributed by atoms with Gasteiger partial charge in [0, 0.05) is 39.8 Å². The second-order valence-electron chi connectivity index (χ2n) is 9.28. The third-order valence-corrected chi connectivity index (χ3v) is 5.68. The SMILES string of the molecule is CN=C(NCC1CCN(c2ccccc2OC)C1)N1CCC(NC(=O)OC(C)(C)C)C1. The first-order valence-electron chi connectivity index (χ1n) is 11.1. The smallest absolute Gasteiger partial charge is 0.407 e. The van der Waals surface area contributed by atoms with Crippen LogP contribution in [0.1, 0.15) is 33.6 Å². The van der Waals surface area contributed by atoms with E-state index in [0.717, 1.165) is 63.0 Å². The van der Waals surface area contributed by atoms with Crippen molar-refractivity contribution in [3.05, 3.63) is 24.3 Å². The number of anilines is 1. The maximum atomic E-state index is 12.0. The third kappa shape index (κ3) is 6.42. The average molecular weight is 432 g/mol. The number of methoxy groups -OCH3 is 1. The summed E-state index contributed by atoms with van der Waals surface area (Å²) in [6.07, 6.45) is 1.65. The second-order valence-corrected chi connectivity index (χ2v) is 9.28. The van der Waals surface area contributed by atoms with E-state index in [1.165, 1.54) is 0 Å². The Hall–Kier alpha value is -2.64. The number of amides is 1. The van der Waals surface area contributed by atoms with E-state index in [9.17, 15) is 4.79 Å². The zero-order valence-electron chi connectivity index (χ0n) is 19.5. The van der Waals surface area contributed by atoms with Crippen molar-refractivity contribution < 1.29 is 14.3 Å². The van der Waals surface area contributed by atoms with Gasteiger partial charge in [-0.05, 0) is 51.7 Å². The predicted molar refractivity (Wildman–Crippen MR) is 124 cm³/mol. The molecule has 0 spiro atoms. The van der Waals surface area contributed by atoms with Crippen molar-refractivity contribution in [2.75, 3.05) is 51.8 Å². The van der Waals surface area contributed by atoms with Crippen LogP contribution < -0.4 is 20.3 Å². The summed E-state index contributed by atoms with van der Waals surface area (Å²) in [5, 5.41) is 6.51. The minimum absolute atomic E-state index is 0.0703. The van der Waals surface area contributed by atoms with Crippen LogP contribution in [0.5, 0.6) is 5.75 Å². The molecule has 31 heavy (non-hydrogen) atoms. The number of carbonyl (C=O) groups excluding carboxylic acids is 1. The lowest BCUT2D eigenvalue weighted by Gasteiger charge is -2.24. The largest absolute Gasteiger partial charge is 0.495 e. The number of rotatable bonds is 5. The molecule has 2 fully saturated rings. The van der Waals surface area contributed by atoms with Crippen molar-refractivity contribution >= 4 is 17.7 Å². The molecule has 2 saturated heterocycles. The summed E-state index contributed by atoms with van der Waals surface area (Å²) in [4.78, 5) is 21.1. The van der Waals surface area contributed by atoms with Crippen LogP contribution in [-0.2, 0) is 4.74 Å². The van der Waals surface area contributed by atoms with E-state index in [2.05, 4.69) is 37.6 Å². The molecule has 8 nitrogen and oxygen atoms in total. The van der Waals surface area contributed by atoms with E-state index in [0.29, 0.717) is 5.92 Å². The molecule has 0 aliphatic carbocycles.